The van der Waals surface area contributed by atoms with Crippen LogP contribution in [0.5, 0.6) is 0 Å². The lowest BCUT2D eigenvalue weighted by Gasteiger charge is -2.10. The third kappa shape index (κ3) is 3.27. The Bertz CT molecular complexity index is 776. The highest BCUT2D eigenvalue weighted by atomic mass is 19.1. The van der Waals surface area contributed by atoms with Crippen LogP contribution in [0.25, 0.3) is 0 Å². The number of para-hydroxylation sites is 2. The van der Waals surface area contributed by atoms with Gasteiger partial charge in [0, 0.05) is 6.07 Å². The number of rotatable bonds is 4. The first-order valence-electron chi connectivity index (χ1n) is 6.78. The molecule has 0 amide bonds. The maximum atomic E-state index is 13.6. The lowest BCUT2D eigenvalue weighted by atomic mass is 10.3. The van der Waals surface area contributed by atoms with Gasteiger partial charge in [0.25, 0.3) is 0 Å². The Morgan fingerprint density at radius 2 is 1.00 bits per heavy atom. The highest BCUT2D eigenvalue weighted by Gasteiger charge is 2.12. The zero-order chi connectivity index (χ0) is 17.1. The van der Waals surface area contributed by atoms with Crippen molar-refractivity contribution in [3.05, 3.63) is 72.1 Å². The standard InChI is InChI=1S/C16H10F4N4/c17-9-3-1-4-10(18)15(9)23-13-7-14(22-8-21-13)24-16-11(19)5-2-6-12(16)20/h1-8H,(H2,21,22,23,24). The molecule has 2 aromatic carbocycles. The van der Waals surface area contributed by atoms with Gasteiger partial charge in [-0.25, -0.2) is 27.5 Å². The van der Waals surface area contributed by atoms with E-state index in [4.69, 9.17) is 0 Å². The summed E-state index contributed by atoms with van der Waals surface area (Å²) in [5.41, 5.74) is -0.779. The van der Waals surface area contributed by atoms with E-state index in [0.717, 1.165) is 30.6 Å². The SMILES string of the molecule is Fc1cccc(F)c1Nc1cc(Nc2c(F)cccc2F)ncn1. The molecule has 0 saturated heterocycles. The van der Waals surface area contributed by atoms with Gasteiger partial charge in [-0.3, -0.25) is 0 Å². The lowest BCUT2D eigenvalue weighted by molar-refractivity contribution is 0.590. The number of benzene rings is 2. The van der Waals surface area contributed by atoms with E-state index in [2.05, 4.69) is 20.6 Å². The molecule has 122 valence electrons. The Labute approximate surface area is 134 Å². The Morgan fingerprint density at radius 1 is 0.625 bits per heavy atom. The normalized spacial score (nSPS) is 10.5. The van der Waals surface area contributed by atoms with Crippen molar-refractivity contribution in [1.29, 1.82) is 0 Å². The minimum atomic E-state index is -0.803. The molecule has 3 aromatic rings. The molecule has 0 bridgehead atoms. The predicted molar refractivity (Wildman–Crippen MR) is 81.3 cm³/mol. The van der Waals surface area contributed by atoms with E-state index < -0.39 is 23.3 Å². The fourth-order valence-corrected chi connectivity index (χ4v) is 1.98. The minimum Gasteiger partial charge on any atom is -0.335 e. The largest absolute Gasteiger partial charge is 0.335 e. The van der Waals surface area contributed by atoms with Crippen molar-refractivity contribution < 1.29 is 17.6 Å². The van der Waals surface area contributed by atoms with E-state index in [9.17, 15) is 17.6 Å². The number of aromatic nitrogens is 2. The molecule has 3 rings (SSSR count). The smallest absolute Gasteiger partial charge is 0.149 e. The van der Waals surface area contributed by atoms with Crippen LogP contribution in [0.2, 0.25) is 0 Å². The van der Waals surface area contributed by atoms with Gasteiger partial charge in [0.1, 0.15) is 52.6 Å². The molecule has 0 aliphatic heterocycles. The summed E-state index contributed by atoms with van der Waals surface area (Å²) in [5.74, 6) is -3.11. The summed E-state index contributed by atoms with van der Waals surface area (Å²) in [6.45, 7) is 0. The van der Waals surface area contributed by atoms with Gasteiger partial charge in [-0.05, 0) is 24.3 Å². The van der Waals surface area contributed by atoms with Crippen LogP contribution in [0.4, 0.5) is 40.6 Å². The molecule has 0 unspecified atom stereocenters. The molecule has 0 aliphatic carbocycles. The van der Waals surface area contributed by atoms with Gasteiger partial charge in [-0.1, -0.05) is 12.1 Å². The summed E-state index contributed by atoms with van der Waals surface area (Å²) in [5, 5.41) is 4.93. The predicted octanol–water partition coefficient (Wildman–Crippen LogP) is 4.52. The van der Waals surface area contributed by atoms with Gasteiger partial charge in [0.05, 0.1) is 0 Å². The maximum absolute atomic E-state index is 13.6. The van der Waals surface area contributed by atoms with E-state index in [0.29, 0.717) is 0 Å². The first kappa shape index (κ1) is 15.7. The first-order chi connectivity index (χ1) is 11.5. The number of nitrogens with zero attached hydrogens (tertiary/aromatic N) is 2. The fourth-order valence-electron chi connectivity index (χ4n) is 1.98. The van der Waals surface area contributed by atoms with Crippen molar-refractivity contribution in [3.8, 4) is 0 Å². The van der Waals surface area contributed by atoms with Gasteiger partial charge in [-0.2, -0.15) is 0 Å². The van der Waals surface area contributed by atoms with Crippen molar-refractivity contribution >= 4 is 23.0 Å². The molecule has 8 heteroatoms. The van der Waals surface area contributed by atoms with Gasteiger partial charge in [0.2, 0.25) is 0 Å². The summed E-state index contributed by atoms with van der Waals surface area (Å²) in [6.07, 6.45) is 1.09. The van der Waals surface area contributed by atoms with E-state index in [1.807, 2.05) is 0 Å². The minimum absolute atomic E-state index is 0.0493. The van der Waals surface area contributed by atoms with Crippen LogP contribution in [0.1, 0.15) is 0 Å². The Kier molecular flexibility index (Phi) is 4.28. The average molecular weight is 334 g/mol. The molecule has 0 saturated carbocycles. The highest BCUT2D eigenvalue weighted by Crippen LogP contribution is 2.25. The number of hydrogen-bond donors (Lipinski definition) is 2. The van der Waals surface area contributed by atoms with Crippen LogP contribution >= 0.6 is 0 Å². The summed E-state index contributed by atoms with van der Waals surface area (Å²) >= 11 is 0. The maximum Gasteiger partial charge on any atom is 0.149 e. The third-order valence-corrected chi connectivity index (χ3v) is 3.10. The summed E-state index contributed by atoms with van der Waals surface area (Å²) in [6, 6.07) is 8.05. The van der Waals surface area contributed by atoms with E-state index in [-0.39, 0.29) is 23.0 Å². The molecule has 1 heterocycles. The topological polar surface area (TPSA) is 49.8 Å². The molecule has 1 aromatic heterocycles. The van der Waals surface area contributed by atoms with Crippen LogP contribution in [-0.4, -0.2) is 9.97 Å². The zero-order valence-electron chi connectivity index (χ0n) is 12.0. The van der Waals surface area contributed by atoms with Crippen LogP contribution < -0.4 is 10.6 Å². The summed E-state index contributed by atoms with van der Waals surface area (Å²) in [7, 11) is 0. The Morgan fingerprint density at radius 3 is 1.38 bits per heavy atom. The molecule has 0 spiro atoms. The van der Waals surface area contributed by atoms with Crippen LogP contribution in [0.3, 0.4) is 0 Å². The third-order valence-electron chi connectivity index (χ3n) is 3.10. The average Bonchev–Trinajstić information content (AvgIpc) is 2.55. The molecule has 0 atom stereocenters. The van der Waals surface area contributed by atoms with Crippen molar-refractivity contribution in [2.75, 3.05) is 10.6 Å². The molecule has 2 N–H and O–H groups in total. The molecule has 4 nitrogen and oxygen atoms in total. The molecule has 0 aliphatic rings. The van der Waals surface area contributed by atoms with Crippen LogP contribution in [-0.2, 0) is 0 Å². The van der Waals surface area contributed by atoms with Crippen molar-refractivity contribution in [2.24, 2.45) is 0 Å². The van der Waals surface area contributed by atoms with E-state index >= 15 is 0 Å². The number of hydrogen-bond acceptors (Lipinski definition) is 4. The number of halogens is 4. The van der Waals surface area contributed by atoms with Crippen molar-refractivity contribution in [1.82, 2.24) is 9.97 Å². The molecule has 0 radical (unpaired) electrons. The second kappa shape index (κ2) is 6.53. The lowest BCUT2D eigenvalue weighted by Crippen LogP contribution is -2.03. The van der Waals surface area contributed by atoms with Crippen LogP contribution in [0, 0.1) is 23.3 Å². The van der Waals surface area contributed by atoms with Gasteiger partial charge in [0.15, 0.2) is 0 Å². The molecular weight excluding hydrogens is 324 g/mol. The van der Waals surface area contributed by atoms with Gasteiger partial charge < -0.3 is 10.6 Å². The number of nitrogens with one attached hydrogen (secondary N) is 2. The highest BCUT2D eigenvalue weighted by molar-refractivity contribution is 5.64. The van der Waals surface area contributed by atoms with Crippen molar-refractivity contribution in [3.63, 3.8) is 0 Å². The molecular formula is C16H10F4N4. The number of anilines is 4. The summed E-state index contributed by atoms with van der Waals surface area (Å²) in [4.78, 5) is 7.64. The quantitative estimate of drug-likeness (QED) is 0.689. The molecule has 0 fully saturated rings. The second-order valence-corrected chi connectivity index (χ2v) is 4.73. The van der Waals surface area contributed by atoms with Gasteiger partial charge >= 0.3 is 0 Å². The van der Waals surface area contributed by atoms with E-state index in [1.165, 1.54) is 18.2 Å². The monoisotopic (exact) mass is 334 g/mol. The van der Waals surface area contributed by atoms with Crippen LogP contribution in [0.15, 0.2) is 48.8 Å². The van der Waals surface area contributed by atoms with Gasteiger partial charge in [-0.15, -0.1) is 0 Å². The fraction of sp³-hybridized carbons (Fsp3) is 0. The zero-order valence-corrected chi connectivity index (χ0v) is 12.0. The Hall–Kier alpha value is -3.16. The Balaban J connectivity index is 1.87. The molecule has 24 heavy (non-hydrogen) atoms. The second-order valence-electron chi connectivity index (χ2n) is 4.73. The summed E-state index contributed by atoms with van der Waals surface area (Å²) < 4.78 is 54.5. The van der Waals surface area contributed by atoms with E-state index in [1.54, 1.807) is 0 Å². The first-order valence-corrected chi connectivity index (χ1v) is 6.78. The van der Waals surface area contributed by atoms with Crippen molar-refractivity contribution in [2.45, 2.75) is 0 Å².